The van der Waals surface area contributed by atoms with E-state index in [1.807, 2.05) is 24.3 Å². The van der Waals surface area contributed by atoms with Gasteiger partial charge in [0, 0.05) is 24.4 Å². The van der Waals surface area contributed by atoms with Gasteiger partial charge in [-0.25, -0.2) is 0 Å². The maximum atomic E-state index is 11.8. The second-order valence-electron chi connectivity index (χ2n) is 4.85. The summed E-state index contributed by atoms with van der Waals surface area (Å²) in [6.07, 6.45) is 0.446. The molecule has 0 spiro atoms. The molecule has 1 saturated heterocycles. The molecule has 0 N–H and O–H groups in total. The normalized spacial score (nSPS) is 17.5. The van der Waals surface area contributed by atoms with E-state index in [-0.39, 0.29) is 11.8 Å². The third kappa shape index (κ3) is 4.29. The van der Waals surface area contributed by atoms with Gasteiger partial charge >= 0.3 is 0 Å². The molecule has 1 aliphatic rings. The molecule has 1 amide bonds. The fourth-order valence-electron chi connectivity index (χ4n) is 2.29. The Morgan fingerprint density at radius 1 is 1.38 bits per heavy atom. The predicted molar refractivity (Wildman–Crippen MR) is 77.2 cm³/mol. The number of nitrogens with zero attached hydrogens (tertiary/aromatic N) is 4. The molecule has 2 rings (SSSR count). The van der Waals surface area contributed by atoms with Crippen LogP contribution < -0.4 is 9.47 Å². The Morgan fingerprint density at radius 2 is 2.10 bits per heavy atom. The smallest absolute Gasteiger partial charge is 0.223 e. The number of carbonyl (C=O) groups excluding carboxylic acids is 1. The SMILES string of the molecule is COc1ccc(OCCN2CC(CN=[N+]=[N-])CC2=O)cc1. The maximum Gasteiger partial charge on any atom is 0.223 e. The predicted octanol–water partition coefficient (Wildman–Crippen LogP) is 2.23. The van der Waals surface area contributed by atoms with Crippen LogP contribution in [-0.4, -0.2) is 44.2 Å². The molecule has 1 heterocycles. The van der Waals surface area contributed by atoms with Gasteiger partial charge < -0.3 is 14.4 Å². The molecule has 0 radical (unpaired) electrons. The molecule has 1 aliphatic heterocycles. The van der Waals surface area contributed by atoms with Crippen molar-refractivity contribution in [3.63, 3.8) is 0 Å². The number of hydrogen-bond acceptors (Lipinski definition) is 4. The fraction of sp³-hybridized carbons (Fsp3) is 0.500. The molecule has 1 aromatic rings. The Kier molecular flexibility index (Phi) is 5.29. The summed E-state index contributed by atoms with van der Waals surface area (Å²) in [5.41, 5.74) is 8.29. The summed E-state index contributed by atoms with van der Waals surface area (Å²) in [6.45, 7) is 1.98. The third-order valence-corrected chi connectivity index (χ3v) is 3.39. The topological polar surface area (TPSA) is 87.5 Å². The largest absolute Gasteiger partial charge is 0.497 e. The van der Waals surface area contributed by atoms with E-state index >= 15 is 0 Å². The average Bonchev–Trinajstić information content (AvgIpc) is 2.86. The highest BCUT2D eigenvalue weighted by Gasteiger charge is 2.28. The Bertz CT molecular complexity index is 526. The molecule has 0 bridgehead atoms. The van der Waals surface area contributed by atoms with Crippen LogP contribution in [0, 0.1) is 5.92 Å². The molecule has 1 unspecified atom stereocenters. The monoisotopic (exact) mass is 290 g/mol. The molecule has 0 aliphatic carbocycles. The van der Waals surface area contributed by atoms with Crippen molar-refractivity contribution in [1.29, 1.82) is 0 Å². The highest BCUT2D eigenvalue weighted by atomic mass is 16.5. The van der Waals surface area contributed by atoms with Gasteiger partial charge in [-0.3, -0.25) is 4.79 Å². The molecule has 21 heavy (non-hydrogen) atoms. The first-order chi connectivity index (χ1) is 10.2. The molecule has 7 nitrogen and oxygen atoms in total. The molecule has 112 valence electrons. The van der Waals surface area contributed by atoms with Crippen LogP contribution in [0.3, 0.4) is 0 Å². The molecular weight excluding hydrogens is 272 g/mol. The van der Waals surface area contributed by atoms with E-state index in [4.69, 9.17) is 15.0 Å². The summed E-state index contributed by atoms with van der Waals surface area (Å²) in [7, 11) is 1.61. The number of likely N-dealkylation sites (tertiary alicyclic amines) is 1. The summed E-state index contributed by atoms with van der Waals surface area (Å²) in [5, 5.41) is 3.53. The standard InChI is InChI=1S/C14H18N4O3/c1-20-12-2-4-13(5-3-12)21-7-6-18-10-11(8-14(18)19)9-16-17-15/h2-5,11H,6-10H2,1H3. The van der Waals surface area contributed by atoms with Gasteiger partial charge in [0.2, 0.25) is 5.91 Å². The van der Waals surface area contributed by atoms with Gasteiger partial charge in [-0.2, -0.15) is 0 Å². The number of ether oxygens (including phenoxy) is 2. The first-order valence-corrected chi connectivity index (χ1v) is 6.78. The first kappa shape index (κ1) is 15.0. The van der Waals surface area contributed by atoms with Gasteiger partial charge in [0.15, 0.2) is 0 Å². The number of rotatable bonds is 7. The highest BCUT2D eigenvalue weighted by Crippen LogP contribution is 2.19. The molecule has 0 aromatic heterocycles. The summed E-state index contributed by atoms with van der Waals surface area (Å²) >= 11 is 0. The summed E-state index contributed by atoms with van der Waals surface area (Å²) in [6, 6.07) is 7.31. The van der Waals surface area contributed by atoms with Crippen LogP contribution in [0.15, 0.2) is 29.4 Å². The molecule has 1 fully saturated rings. The lowest BCUT2D eigenvalue weighted by atomic mass is 10.1. The lowest BCUT2D eigenvalue weighted by Gasteiger charge is -2.16. The Morgan fingerprint density at radius 3 is 2.76 bits per heavy atom. The van der Waals surface area contributed by atoms with Crippen LogP contribution in [-0.2, 0) is 4.79 Å². The average molecular weight is 290 g/mol. The van der Waals surface area contributed by atoms with Crippen molar-refractivity contribution < 1.29 is 14.3 Å². The first-order valence-electron chi connectivity index (χ1n) is 6.78. The quantitative estimate of drug-likeness (QED) is 0.438. The van der Waals surface area contributed by atoms with Crippen LogP contribution in [0.25, 0.3) is 10.4 Å². The van der Waals surface area contributed by atoms with Crippen molar-refractivity contribution in [2.75, 3.05) is 33.4 Å². The van der Waals surface area contributed by atoms with Crippen molar-refractivity contribution in [3.05, 3.63) is 34.7 Å². The van der Waals surface area contributed by atoms with Crippen molar-refractivity contribution in [1.82, 2.24) is 4.90 Å². The summed E-state index contributed by atoms with van der Waals surface area (Å²) < 4.78 is 10.7. The summed E-state index contributed by atoms with van der Waals surface area (Å²) in [4.78, 5) is 16.3. The summed E-state index contributed by atoms with van der Waals surface area (Å²) in [5.74, 6) is 1.73. The lowest BCUT2D eigenvalue weighted by molar-refractivity contribution is -0.128. The molecule has 1 atom stereocenters. The second kappa shape index (κ2) is 7.40. The Balaban J connectivity index is 1.75. The van der Waals surface area contributed by atoms with Crippen LogP contribution in [0.2, 0.25) is 0 Å². The van der Waals surface area contributed by atoms with E-state index in [2.05, 4.69) is 10.0 Å². The second-order valence-corrected chi connectivity index (χ2v) is 4.85. The molecule has 1 aromatic carbocycles. The zero-order valence-electron chi connectivity index (χ0n) is 11.9. The van der Waals surface area contributed by atoms with E-state index in [1.54, 1.807) is 12.0 Å². The minimum Gasteiger partial charge on any atom is -0.497 e. The van der Waals surface area contributed by atoms with E-state index in [1.165, 1.54) is 0 Å². The van der Waals surface area contributed by atoms with Gasteiger partial charge in [0.25, 0.3) is 0 Å². The number of hydrogen-bond donors (Lipinski definition) is 0. The number of azide groups is 1. The fourth-order valence-corrected chi connectivity index (χ4v) is 2.29. The van der Waals surface area contributed by atoms with E-state index in [0.717, 1.165) is 11.5 Å². The third-order valence-electron chi connectivity index (χ3n) is 3.39. The van der Waals surface area contributed by atoms with Crippen molar-refractivity contribution in [3.8, 4) is 11.5 Å². The van der Waals surface area contributed by atoms with E-state index in [0.29, 0.717) is 32.7 Å². The number of amides is 1. The molecule has 0 saturated carbocycles. The zero-order chi connectivity index (χ0) is 15.1. The lowest BCUT2D eigenvalue weighted by Crippen LogP contribution is -2.30. The minimum atomic E-state index is 0.0893. The van der Waals surface area contributed by atoms with Gasteiger partial charge in [0.1, 0.15) is 18.1 Å². The van der Waals surface area contributed by atoms with E-state index in [9.17, 15) is 4.79 Å². The van der Waals surface area contributed by atoms with Crippen molar-refractivity contribution >= 4 is 5.91 Å². The highest BCUT2D eigenvalue weighted by molar-refractivity contribution is 5.78. The van der Waals surface area contributed by atoms with Crippen LogP contribution in [0.5, 0.6) is 11.5 Å². The van der Waals surface area contributed by atoms with Crippen LogP contribution in [0.1, 0.15) is 6.42 Å². The van der Waals surface area contributed by atoms with Crippen LogP contribution in [0.4, 0.5) is 0 Å². The number of benzene rings is 1. The molecule has 7 heteroatoms. The zero-order valence-corrected chi connectivity index (χ0v) is 11.9. The Hall–Kier alpha value is -2.40. The maximum absolute atomic E-state index is 11.8. The van der Waals surface area contributed by atoms with Gasteiger partial charge in [-0.15, -0.1) is 0 Å². The van der Waals surface area contributed by atoms with Crippen molar-refractivity contribution in [2.24, 2.45) is 11.0 Å². The van der Waals surface area contributed by atoms with Gasteiger partial charge in [-0.05, 0) is 35.7 Å². The number of methoxy groups -OCH3 is 1. The van der Waals surface area contributed by atoms with Crippen LogP contribution >= 0.6 is 0 Å². The van der Waals surface area contributed by atoms with E-state index < -0.39 is 0 Å². The van der Waals surface area contributed by atoms with Gasteiger partial charge in [-0.1, -0.05) is 5.11 Å². The van der Waals surface area contributed by atoms with Crippen molar-refractivity contribution in [2.45, 2.75) is 6.42 Å². The Labute approximate surface area is 123 Å². The van der Waals surface area contributed by atoms with Gasteiger partial charge in [0.05, 0.1) is 13.7 Å². The minimum absolute atomic E-state index is 0.0893. The molecular formula is C14H18N4O3. The number of carbonyl (C=O) groups is 1.